The van der Waals surface area contributed by atoms with Crippen LogP contribution in [-0.4, -0.2) is 28.3 Å². The molecule has 0 N–H and O–H groups in total. The summed E-state index contributed by atoms with van der Waals surface area (Å²) >= 11 is 0. The summed E-state index contributed by atoms with van der Waals surface area (Å²) in [6.07, 6.45) is 1.82. The van der Waals surface area contributed by atoms with Gasteiger partial charge in [-0.25, -0.2) is 4.79 Å². The predicted molar refractivity (Wildman–Crippen MR) is 93.1 cm³/mol. The zero-order chi connectivity index (χ0) is 18.7. The molecule has 0 aliphatic carbocycles. The Bertz CT molecular complexity index is 784. The minimum atomic E-state index is -0.624. The van der Waals surface area contributed by atoms with E-state index in [0.29, 0.717) is 17.3 Å². The van der Waals surface area contributed by atoms with Gasteiger partial charge in [-0.15, -0.1) is 0 Å². The Kier molecular flexibility index (Phi) is 5.15. The summed E-state index contributed by atoms with van der Waals surface area (Å²) in [6, 6.07) is 5.67. The Labute approximate surface area is 152 Å². The number of benzene rings is 1. The van der Waals surface area contributed by atoms with Gasteiger partial charge in [-0.1, -0.05) is 24.2 Å². The van der Waals surface area contributed by atoms with E-state index in [9.17, 15) is 4.79 Å². The molecular formula is C19H24N2O5. The van der Waals surface area contributed by atoms with Crippen LogP contribution in [0.5, 0.6) is 11.5 Å². The van der Waals surface area contributed by atoms with Gasteiger partial charge in [-0.3, -0.25) is 0 Å². The molecule has 26 heavy (non-hydrogen) atoms. The van der Waals surface area contributed by atoms with Crippen LogP contribution in [0.4, 0.5) is 0 Å². The third-order valence-electron chi connectivity index (χ3n) is 4.01. The highest BCUT2D eigenvalue weighted by Gasteiger charge is 2.32. The quantitative estimate of drug-likeness (QED) is 0.700. The van der Waals surface area contributed by atoms with E-state index in [1.54, 1.807) is 13.0 Å². The minimum Gasteiger partial charge on any atom is -0.483 e. The molecule has 3 rings (SSSR count). The number of carbonyl (C=O) groups excluding carboxylic acids is 1. The summed E-state index contributed by atoms with van der Waals surface area (Å²) in [5.74, 6) is 1.62. The number of hydrogen-bond donors (Lipinski definition) is 0. The molecule has 0 saturated heterocycles. The van der Waals surface area contributed by atoms with E-state index in [1.165, 1.54) is 0 Å². The first-order valence-electron chi connectivity index (χ1n) is 8.83. The monoisotopic (exact) mass is 360 g/mol. The molecule has 1 aromatic carbocycles. The molecule has 2 aromatic rings. The molecule has 0 spiro atoms. The normalized spacial score (nSPS) is 15.8. The van der Waals surface area contributed by atoms with Crippen LogP contribution in [0, 0.1) is 0 Å². The second kappa shape index (κ2) is 7.35. The number of ether oxygens (including phenoxy) is 3. The lowest BCUT2D eigenvalue weighted by molar-refractivity contribution is -0.152. The van der Waals surface area contributed by atoms with Crippen LogP contribution < -0.4 is 9.47 Å². The van der Waals surface area contributed by atoms with E-state index in [4.69, 9.17) is 18.7 Å². The highest BCUT2D eigenvalue weighted by atomic mass is 16.6. The number of fused-ring (bicyclic) bond motifs is 1. The van der Waals surface area contributed by atoms with Crippen molar-refractivity contribution in [3.8, 4) is 11.5 Å². The van der Waals surface area contributed by atoms with Crippen LogP contribution >= 0.6 is 0 Å². The van der Waals surface area contributed by atoms with Crippen molar-refractivity contribution in [1.82, 2.24) is 10.1 Å². The first-order chi connectivity index (χ1) is 12.4. The smallest absolute Gasteiger partial charge is 0.344 e. The van der Waals surface area contributed by atoms with E-state index in [0.717, 1.165) is 24.8 Å². The van der Waals surface area contributed by atoms with Crippen molar-refractivity contribution in [1.29, 1.82) is 0 Å². The maximum Gasteiger partial charge on any atom is 0.344 e. The van der Waals surface area contributed by atoms with Gasteiger partial charge in [0, 0.05) is 18.4 Å². The van der Waals surface area contributed by atoms with Crippen molar-refractivity contribution in [2.24, 2.45) is 0 Å². The van der Waals surface area contributed by atoms with Gasteiger partial charge in [-0.2, -0.15) is 4.98 Å². The topological polar surface area (TPSA) is 83.7 Å². The number of hydrogen-bond acceptors (Lipinski definition) is 7. The van der Waals surface area contributed by atoms with E-state index in [2.05, 4.69) is 10.1 Å². The van der Waals surface area contributed by atoms with Gasteiger partial charge in [0.2, 0.25) is 0 Å². The largest absolute Gasteiger partial charge is 0.483 e. The molecule has 7 nitrogen and oxygen atoms in total. The third-order valence-corrected chi connectivity index (χ3v) is 4.01. The first kappa shape index (κ1) is 18.2. The fourth-order valence-corrected chi connectivity index (χ4v) is 2.88. The molecule has 1 aliphatic rings. The van der Waals surface area contributed by atoms with E-state index in [-0.39, 0.29) is 18.1 Å². The van der Waals surface area contributed by atoms with Crippen LogP contribution in [0.15, 0.2) is 22.7 Å². The van der Waals surface area contributed by atoms with Gasteiger partial charge < -0.3 is 18.7 Å². The van der Waals surface area contributed by atoms with E-state index in [1.807, 2.05) is 32.9 Å². The third kappa shape index (κ3) is 4.15. The average Bonchev–Trinajstić information content (AvgIpc) is 3.16. The van der Waals surface area contributed by atoms with Crippen molar-refractivity contribution in [2.45, 2.75) is 58.7 Å². The van der Waals surface area contributed by atoms with Crippen LogP contribution in [0.2, 0.25) is 0 Å². The highest BCUT2D eigenvalue weighted by Crippen LogP contribution is 2.41. The Morgan fingerprint density at radius 2 is 2.19 bits per heavy atom. The first-order valence-corrected chi connectivity index (χ1v) is 8.83. The van der Waals surface area contributed by atoms with Gasteiger partial charge in [0.25, 0.3) is 5.89 Å². The molecule has 7 heteroatoms. The van der Waals surface area contributed by atoms with Gasteiger partial charge in [-0.05, 0) is 33.3 Å². The second-order valence-electron chi connectivity index (χ2n) is 7.00. The van der Waals surface area contributed by atoms with Crippen LogP contribution in [0.25, 0.3) is 0 Å². The van der Waals surface area contributed by atoms with E-state index >= 15 is 0 Å². The Hall–Kier alpha value is -2.57. The standard InChI is InChI=1S/C19H24N2O5/c1-5-7-15-20-18(26-21-15)12(2)24-16(22)11-23-14-9-6-8-13-10-19(3,4)25-17(13)14/h6,8-9,12H,5,7,10-11H2,1-4H3. The molecule has 0 bridgehead atoms. The number of para-hydroxylation sites is 1. The van der Waals surface area contributed by atoms with Gasteiger partial charge >= 0.3 is 5.97 Å². The highest BCUT2D eigenvalue weighted by molar-refractivity contribution is 5.71. The van der Waals surface area contributed by atoms with Crippen molar-refractivity contribution >= 4 is 5.97 Å². The molecule has 1 atom stereocenters. The van der Waals surface area contributed by atoms with Crippen molar-refractivity contribution in [2.75, 3.05) is 6.61 Å². The minimum absolute atomic E-state index is 0.222. The number of nitrogens with zero attached hydrogens (tertiary/aromatic N) is 2. The molecule has 140 valence electrons. The fraction of sp³-hybridized carbons (Fsp3) is 0.526. The molecule has 1 aliphatic heterocycles. The Morgan fingerprint density at radius 1 is 1.38 bits per heavy atom. The zero-order valence-corrected chi connectivity index (χ0v) is 15.6. The molecule has 2 heterocycles. The number of carbonyl (C=O) groups is 1. The molecule has 1 unspecified atom stereocenters. The van der Waals surface area contributed by atoms with Crippen molar-refractivity contribution in [3.05, 3.63) is 35.5 Å². The lowest BCUT2D eigenvalue weighted by Crippen LogP contribution is -2.25. The van der Waals surface area contributed by atoms with Gasteiger partial charge in [0.05, 0.1) is 0 Å². The van der Waals surface area contributed by atoms with Crippen LogP contribution in [-0.2, 0) is 22.4 Å². The number of aryl methyl sites for hydroxylation is 1. The summed E-state index contributed by atoms with van der Waals surface area (Å²) in [6.45, 7) is 7.53. The predicted octanol–water partition coefficient (Wildman–Crippen LogP) is 3.42. The van der Waals surface area contributed by atoms with Gasteiger partial charge in [0.1, 0.15) is 5.60 Å². The lowest BCUT2D eigenvalue weighted by Gasteiger charge is -2.18. The second-order valence-corrected chi connectivity index (χ2v) is 7.00. The van der Waals surface area contributed by atoms with Crippen molar-refractivity contribution in [3.63, 3.8) is 0 Å². The zero-order valence-electron chi connectivity index (χ0n) is 15.6. The number of esters is 1. The van der Waals surface area contributed by atoms with Crippen LogP contribution in [0.1, 0.15) is 57.5 Å². The van der Waals surface area contributed by atoms with Crippen molar-refractivity contribution < 1.29 is 23.5 Å². The Morgan fingerprint density at radius 3 is 2.96 bits per heavy atom. The van der Waals surface area contributed by atoms with Crippen LogP contribution in [0.3, 0.4) is 0 Å². The van der Waals surface area contributed by atoms with E-state index < -0.39 is 12.1 Å². The lowest BCUT2D eigenvalue weighted by atomic mass is 10.0. The molecular weight excluding hydrogens is 336 g/mol. The molecule has 1 aromatic heterocycles. The summed E-state index contributed by atoms with van der Waals surface area (Å²) in [7, 11) is 0. The molecule has 0 saturated carbocycles. The molecule has 0 fully saturated rings. The molecule has 0 amide bonds. The Balaban J connectivity index is 1.56. The average molecular weight is 360 g/mol. The maximum absolute atomic E-state index is 12.1. The summed E-state index contributed by atoms with van der Waals surface area (Å²) in [4.78, 5) is 16.3. The SMILES string of the molecule is CCCc1noc(C(C)OC(=O)COc2cccc3c2OC(C)(C)C3)n1. The summed E-state index contributed by atoms with van der Waals surface area (Å²) in [5, 5.41) is 3.86. The summed E-state index contributed by atoms with van der Waals surface area (Å²) < 4.78 is 22.0. The fourth-order valence-electron chi connectivity index (χ4n) is 2.88. The number of aromatic nitrogens is 2. The van der Waals surface area contributed by atoms with Gasteiger partial charge in [0.15, 0.2) is 30.0 Å². The number of rotatable bonds is 7. The maximum atomic E-state index is 12.1. The summed E-state index contributed by atoms with van der Waals surface area (Å²) in [5.41, 5.74) is 0.800. The molecule has 0 radical (unpaired) electrons.